The van der Waals surface area contributed by atoms with E-state index in [0.29, 0.717) is 12.4 Å². The molecule has 90 valence electrons. The van der Waals surface area contributed by atoms with Gasteiger partial charge in [0.1, 0.15) is 5.82 Å². The van der Waals surface area contributed by atoms with Crippen molar-refractivity contribution in [2.45, 2.75) is 13.1 Å². The number of aromatic nitrogens is 3. The van der Waals surface area contributed by atoms with Crippen LogP contribution in [0.2, 0.25) is 0 Å². The second-order valence-corrected chi connectivity index (χ2v) is 3.73. The first-order chi connectivity index (χ1) is 8.29. The van der Waals surface area contributed by atoms with E-state index < -0.39 is 0 Å². The fourth-order valence-corrected chi connectivity index (χ4v) is 1.54. The third-order valence-electron chi connectivity index (χ3n) is 2.50. The van der Waals surface area contributed by atoms with Crippen LogP contribution < -0.4 is 10.1 Å². The lowest BCUT2D eigenvalue weighted by Crippen LogP contribution is -2.16. The van der Waals surface area contributed by atoms with Crippen molar-refractivity contribution in [1.29, 1.82) is 0 Å². The number of pyridine rings is 1. The number of aryl methyl sites for hydroxylation is 1. The highest BCUT2D eigenvalue weighted by Gasteiger charge is 2.00. The molecule has 0 radical (unpaired) electrons. The minimum Gasteiger partial charge on any atom is -0.481 e. The maximum atomic E-state index is 5.07. The number of hydrogen-bond acceptors (Lipinski definition) is 4. The summed E-state index contributed by atoms with van der Waals surface area (Å²) in [5.74, 6) is 1.65. The normalized spacial score (nSPS) is 10.5. The van der Waals surface area contributed by atoms with Crippen molar-refractivity contribution in [3.05, 3.63) is 42.1 Å². The van der Waals surface area contributed by atoms with Gasteiger partial charge >= 0.3 is 0 Å². The molecular weight excluding hydrogens is 216 g/mol. The maximum absolute atomic E-state index is 5.07. The SMILES string of the molecule is COc1cccc(CNCc2nccn2C)n1. The third-order valence-corrected chi connectivity index (χ3v) is 2.50. The van der Waals surface area contributed by atoms with Crippen molar-refractivity contribution in [3.8, 4) is 5.88 Å². The lowest BCUT2D eigenvalue weighted by Gasteiger charge is -2.05. The van der Waals surface area contributed by atoms with Crippen molar-refractivity contribution < 1.29 is 4.74 Å². The fraction of sp³-hybridized carbons (Fsp3) is 0.333. The quantitative estimate of drug-likeness (QED) is 0.839. The summed E-state index contributed by atoms with van der Waals surface area (Å²) in [6, 6.07) is 5.74. The number of ether oxygens (including phenoxy) is 1. The molecule has 0 spiro atoms. The van der Waals surface area contributed by atoms with Gasteiger partial charge < -0.3 is 14.6 Å². The highest BCUT2D eigenvalue weighted by atomic mass is 16.5. The second-order valence-electron chi connectivity index (χ2n) is 3.73. The average molecular weight is 232 g/mol. The fourth-order valence-electron chi connectivity index (χ4n) is 1.54. The van der Waals surface area contributed by atoms with E-state index in [2.05, 4.69) is 15.3 Å². The lowest BCUT2D eigenvalue weighted by atomic mass is 10.3. The van der Waals surface area contributed by atoms with E-state index >= 15 is 0 Å². The maximum Gasteiger partial charge on any atom is 0.213 e. The lowest BCUT2D eigenvalue weighted by molar-refractivity contribution is 0.395. The minimum absolute atomic E-state index is 0.640. The predicted octanol–water partition coefficient (Wildman–Crippen LogP) is 1.11. The molecule has 2 heterocycles. The van der Waals surface area contributed by atoms with E-state index in [1.807, 2.05) is 36.0 Å². The Hall–Kier alpha value is -1.88. The van der Waals surface area contributed by atoms with Gasteiger partial charge in [0.25, 0.3) is 0 Å². The highest BCUT2D eigenvalue weighted by molar-refractivity contribution is 5.15. The number of nitrogens with one attached hydrogen (secondary N) is 1. The molecule has 0 saturated heterocycles. The molecule has 0 aromatic carbocycles. The molecule has 0 unspecified atom stereocenters. The minimum atomic E-state index is 0.640. The van der Waals surface area contributed by atoms with E-state index in [1.165, 1.54) is 0 Å². The van der Waals surface area contributed by atoms with Gasteiger partial charge in [0.2, 0.25) is 5.88 Å². The van der Waals surface area contributed by atoms with Crippen LogP contribution in [0, 0.1) is 0 Å². The number of hydrogen-bond donors (Lipinski definition) is 1. The van der Waals surface area contributed by atoms with E-state index in [9.17, 15) is 0 Å². The average Bonchev–Trinajstić information content (AvgIpc) is 2.76. The summed E-state index contributed by atoms with van der Waals surface area (Å²) in [6.45, 7) is 1.42. The molecule has 0 aliphatic carbocycles. The number of imidazole rings is 1. The Morgan fingerprint density at radius 1 is 1.35 bits per heavy atom. The molecule has 0 fully saturated rings. The second kappa shape index (κ2) is 5.45. The molecule has 2 rings (SSSR count). The van der Waals surface area contributed by atoms with E-state index in [4.69, 9.17) is 4.74 Å². The van der Waals surface area contributed by atoms with Crippen molar-refractivity contribution in [1.82, 2.24) is 19.9 Å². The van der Waals surface area contributed by atoms with Crippen molar-refractivity contribution >= 4 is 0 Å². The molecule has 0 aliphatic rings. The van der Waals surface area contributed by atoms with Crippen LogP contribution >= 0.6 is 0 Å². The molecule has 5 heteroatoms. The molecule has 0 aliphatic heterocycles. The van der Waals surface area contributed by atoms with Gasteiger partial charge in [-0.3, -0.25) is 0 Å². The summed E-state index contributed by atoms with van der Waals surface area (Å²) in [5.41, 5.74) is 0.957. The Kier molecular flexibility index (Phi) is 3.72. The van der Waals surface area contributed by atoms with Gasteiger partial charge in [0.05, 0.1) is 19.3 Å². The monoisotopic (exact) mass is 232 g/mol. The van der Waals surface area contributed by atoms with Crippen LogP contribution in [0.25, 0.3) is 0 Å². The summed E-state index contributed by atoms with van der Waals surface area (Å²) in [4.78, 5) is 8.56. The predicted molar refractivity (Wildman–Crippen MR) is 64.5 cm³/mol. The van der Waals surface area contributed by atoms with E-state index in [-0.39, 0.29) is 0 Å². The molecule has 0 amide bonds. The molecule has 5 nitrogen and oxygen atoms in total. The van der Waals surface area contributed by atoms with E-state index in [0.717, 1.165) is 18.1 Å². The van der Waals surface area contributed by atoms with Gasteiger partial charge in [-0.1, -0.05) is 6.07 Å². The van der Waals surface area contributed by atoms with Gasteiger partial charge in [-0.15, -0.1) is 0 Å². The van der Waals surface area contributed by atoms with Crippen LogP contribution in [0.5, 0.6) is 5.88 Å². The summed E-state index contributed by atoms with van der Waals surface area (Å²) < 4.78 is 7.06. The Balaban J connectivity index is 1.87. The first-order valence-corrected chi connectivity index (χ1v) is 5.46. The van der Waals surface area contributed by atoms with Crippen LogP contribution in [-0.4, -0.2) is 21.6 Å². The van der Waals surface area contributed by atoms with Crippen molar-refractivity contribution in [2.75, 3.05) is 7.11 Å². The molecule has 2 aromatic rings. The van der Waals surface area contributed by atoms with Crippen LogP contribution in [0.4, 0.5) is 0 Å². The summed E-state index contributed by atoms with van der Waals surface area (Å²) in [6.07, 6.45) is 3.72. The Bertz CT molecular complexity index is 481. The topological polar surface area (TPSA) is 52.0 Å². The molecule has 0 bridgehead atoms. The first kappa shape index (κ1) is 11.6. The summed E-state index contributed by atoms with van der Waals surface area (Å²) >= 11 is 0. The molecular formula is C12H16N4O. The van der Waals surface area contributed by atoms with Crippen LogP contribution in [0.15, 0.2) is 30.6 Å². The summed E-state index contributed by atoms with van der Waals surface area (Å²) in [5, 5.41) is 3.29. The van der Waals surface area contributed by atoms with Crippen molar-refractivity contribution in [2.24, 2.45) is 7.05 Å². The van der Waals surface area contributed by atoms with Gasteiger partial charge in [-0.05, 0) is 6.07 Å². The Morgan fingerprint density at radius 3 is 2.94 bits per heavy atom. The van der Waals surface area contributed by atoms with Crippen LogP contribution in [0.3, 0.4) is 0 Å². The highest BCUT2D eigenvalue weighted by Crippen LogP contribution is 2.06. The Morgan fingerprint density at radius 2 is 2.24 bits per heavy atom. The van der Waals surface area contributed by atoms with Crippen molar-refractivity contribution in [3.63, 3.8) is 0 Å². The molecule has 17 heavy (non-hydrogen) atoms. The zero-order chi connectivity index (χ0) is 12.1. The summed E-state index contributed by atoms with van der Waals surface area (Å²) in [7, 11) is 3.60. The number of rotatable bonds is 5. The molecule has 0 atom stereocenters. The van der Waals surface area contributed by atoms with Crippen LogP contribution in [0.1, 0.15) is 11.5 Å². The largest absolute Gasteiger partial charge is 0.481 e. The van der Waals surface area contributed by atoms with Gasteiger partial charge in [-0.2, -0.15) is 0 Å². The standard InChI is InChI=1S/C12H16N4O/c1-16-7-6-14-11(16)9-13-8-10-4-3-5-12(15-10)17-2/h3-7,13H,8-9H2,1-2H3. The van der Waals surface area contributed by atoms with Gasteiger partial charge in [0.15, 0.2) is 0 Å². The zero-order valence-corrected chi connectivity index (χ0v) is 10.1. The van der Waals surface area contributed by atoms with Crippen LogP contribution in [-0.2, 0) is 20.1 Å². The first-order valence-electron chi connectivity index (χ1n) is 5.46. The van der Waals surface area contributed by atoms with Gasteiger partial charge in [-0.25, -0.2) is 9.97 Å². The molecule has 0 saturated carbocycles. The van der Waals surface area contributed by atoms with Gasteiger partial charge in [0, 0.05) is 32.1 Å². The Labute approximate surface area is 100 Å². The number of nitrogens with zero attached hydrogens (tertiary/aromatic N) is 3. The molecule has 2 aromatic heterocycles. The number of methoxy groups -OCH3 is 1. The van der Waals surface area contributed by atoms with E-state index in [1.54, 1.807) is 13.3 Å². The zero-order valence-electron chi connectivity index (χ0n) is 10.1. The molecule has 1 N–H and O–H groups in total. The third kappa shape index (κ3) is 3.04. The smallest absolute Gasteiger partial charge is 0.213 e.